The number of ether oxygens (including phenoxy) is 1. The first-order valence-corrected chi connectivity index (χ1v) is 8.68. The molecule has 2 aromatic carbocycles. The lowest BCUT2D eigenvalue weighted by atomic mass is 10.1. The smallest absolute Gasteiger partial charge is 0.341 e. The van der Waals surface area contributed by atoms with Crippen LogP contribution in [0.4, 0.5) is 5.13 Å². The average molecular weight is 368 g/mol. The first-order chi connectivity index (χ1) is 12.5. The number of hydrogen-bond donors (Lipinski definition) is 2. The molecule has 26 heavy (non-hydrogen) atoms. The fourth-order valence-corrected chi connectivity index (χ4v) is 3.02. The Morgan fingerprint density at radius 3 is 2.77 bits per heavy atom. The predicted molar refractivity (Wildman–Crippen MR) is 99.8 cm³/mol. The number of anilines is 1. The maximum absolute atomic E-state index is 12.3. The SMILES string of the molecule is Cc1cccc(C(=O)Nc2nc(-c3cccc(OCC(=O)O)c3)cs2)c1. The molecule has 0 atom stereocenters. The number of carboxylic acids is 1. The molecule has 6 nitrogen and oxygen atoms in total. The highest BCUT2D eigenvalue weighted by molar-refractivity contribution is 7.14. The van der Waals surface area contributed by atoms with Crippen LogP contribution >= 0.6 is 11.3 Å². The van der Waals surface area contributed by atoms with Crippen molar-refractivity contribution < 1.29 is 19.4 Å². The molecular formula is C19H16N2O4S. The van der Waals surface area contributed by atoms with E-state index in [0.29, 0.717) is 22.1 Å². The van der Waals surface area contributed by atoms with Crippen molar-refractivity contribution in [1.82, 2.24) is 4.98 Å². The summed E-state index contributed by atoms with van der Waals surface area (Å²) >= 11 is 1.32. The van der Waals surface area contributed by atoms with Crippen LogP contribution in [0.1, 0.15) is 15.9 Å². The van der Waals surface area contributed by atoms with Gasteiger partial charge in [-0.1, -0.05) is 29.8 Å². The summed E-state index contributed by atoms with van der Waals surface area (Å²) in [5, 5.41) is 13.8. The largest absolute Gasteiger partial charge is 0.482 e. The van der Waals surface area contributed by atoms with E-state index in [9.17, 15) is 9.59 Å². The Bertz CT molecular complexity index is 952. The molecule has 0 bridgehead atoms. The highest BCUT2D eigenvalue weighted by Crippen LogP contribution is 2.27. The van der Waals surface area contributed by atoms with Gasteiger partial charge in [0.2, 0.25) is 0 Å². The molecule has 7 heteroatoms. The summed E-state index contributed by atoms with van der Waals surface area (Å²) in [6, 6.07) is 14.3. The summed E-state index contributed by atoms with van der Waals surface area (Å²) in [5.41, 5.74) is 3.04. The van der Waals surface area contributed by atoms with Crippen molar-refractivity contribution in [2.45, 2.75) is 6.92 Å². The number of aromatic nitrogens is 1. The van der Waals surface area contributed by atoms with Gasteiger partial charge in [-0.15, -0.1) is 11.3 Å². The van der Waals surface area contributed by atoms with Crippen LogP contribution in [-0.4, -0.2) is 28.6 Å². The molecule has 0 saturated heterocycles. The monoisotopic (exact) mass is 368 g/mol. The standard InChI is InChI=1S/C19H16N2O4S/c1-12-4-2-6-14(8-12)18(24)21-19-20-16(11-26-19)13-5-3-7-15(9-13)25-10-17(22)23/h2-9,11H,10H2,1H3,(H,22,23)(H,20,21,24). The zero-order chi connectivity index (χ0) is 18.5. The number of nitrogens with zero attached hydrogens (tertiary/aromatic N) is 1. The number of carboxylic acid groups (broad SMARTS) is 1. The van der Waals surface area contributed by atoms with E-state index in [4.69, 9.17) is 9.84 Å². The normalized spacial score (nSPS) is 10.3. The maximum atomic E-state index is 12.3. The van der Waals surface area contributed by atoms with Gasteiger partial charge in [0.1, 0.15) is 5.75 Å². The highest BCUT2D eigenvalue weighted by Gasteiger charge is 2.11. The first-order valence-electron chi connectivity index (χ1n) is 7.80. The van der Waals surface area contributed by atoms with Gasteiger partial charge in [-0.2, -0.15) is 0 Å². The number of nitrogens with one attached hydrogen (secondary N) is 1. The van der Waals surface area contributed by atoms with Gasteiger partial charge in [0.25, 0.3) is 5.91 Å². The molecule has 3 rings (SSSR count). The summed E-state index contributed by atoms with van der Waals surface area (Å²) in [4.78, 5) is 27.3. The minimum atomic E-state index is -1.04. The second kappa shape index (κ2) is 7.79. The first kappa shape index (κ1) is 17.6. The molecule has 0 radical (unpaired) electrons. The highest BCUT2D eigenvalue weighted by atomic mass is 32.1. The van der Waals surface area contributed by atoms with Gasteiger partial charge >= 0.3 is 5.97 Å². The lowest BCUT2D eigenvalue weighted by Crippen LogP contribution is -2.11. The summed E-state index contributed by atoms with van der Waals surface area (Å²) < 4.78 is 5.18. The minimum Gasteiger partial charge on any atom is -0.482 e. The molecule has 0 saturated carbocycles. The van der Waals surface area contributed by atoms with Crippen molar-refractivity contribution >= 4 is 28.3 Å². The zero-order valence-electron chi connectivity index (χ0n) is 13.9. The fraction of sp³-hybridized carbons (Fsp3) is 0.105. The van der Waals surface area contributed by atoms with Crippen LogP contribution in [0.2, 0.25) is 0 Å². The number of aliphatic carboxylic acids is 1. The Balaban J connectivity index is 1.72. The molecule has 0 aliphatic heterocycles. The second-order valence-corrected chi connectivity index (χ2v) is 6.43. The third-order valence-electron chi connectivity index (χ3n) is 3.50. The quantitative estimate of drug-likeness (QED) is 0.690. The van der Waals surface area contributed by atoms with Crippen LogP contribution in [0, 0.1) is 6.92 Å². The molecule has 1 heterocycles. The predicted octanol–water partition coefficient (Wildman–Crippen LogP) is 3.83. The lowest BCUT2D eigenvalue weighted by Gasteiger charge is -2.05. The lowest BCUT2D eigenvalue weighted by molar-refractivity contribution is -0.139. The molecule has 0 fully saturated rings. The van der Waals surface area contributed by atoms with Crippen molar-refractivity contribution in [1.29, 1.82) is 0 Å². The second-order valence-electron chi connectivity index (χ2n) is 5.57. The molecule has 0 aliphatic carbocycles. The van der Waals surface area contributed by atoms with Crippen LogP contribution < -0.4 is 10.1 Å². The number of aryl methyl sites for hydroxylation is 1. The number of rotatable bonds is 6. The van der Waals surface area contributed by atoms with Crippen LogP contribution in [-0.2, 0) is 4.79 Å². The van der Waals surface area contributed by atoms with E-state index < -0.39 is 12.6 Å². The van der Waals surface area contributed by atoms with Gasteiger partial charge in [-0.05, 0) is 31.2 Å². The molecule has 132 valence electrons. The Morgan fingerprint density at radius 2 is 2.00 bits per heavy atom. The van der Waals surface area contributed by atoms with Crippen molar-refractivity contribution in [2.24, 2.45) is 0 Å². The van der Waals surface area contributed by atoms with Crippen LogP contribution in [0.25, 0.3) is 11.3 Å². The zero-order valence-corrected chi connectivity index (χ0v) is 14.7. The van der Waals surface area contributed by atoms with Gasteiger partial charge < -0.3 is 9.84 Å². The summed E-state index contributed by atoms with van der Waals surface area (Å²) in [6.07, 6.45) is 0. The molecular weight excluding hydrogens is 352 g/mol. The Kier molecular flexibility index (Phi) is 5.28. The summed E-state index contributed by atoms with van der Waals surface area (Å²) in [6.45, 7) is 1.52. The molecule has 3 aromatic rings. The van der Waals surface area contributed by atoms with E-state index in [-0.39, 0.29) is 5.91 Å². The average Bonchev–Trinajstić information content (AvgIpc) is 3.09. The molecule has 0 spiro atoms. The van der Waals surface area contributed by atoms with Crippen molar-refractivity contribution in [3.05, 3.63) is 65.0 Å². The number of benzene rings is 2. The van der Waals surface area contributed by atoms with Gasteiger partial charge in [-0.25, -0.2) is 9.78 Å². The number of hydrogen-bond acceptors (Lipinski definition) is 5. The van der Waals surface area contributed by atoms with E-state index in [1.807, 2.05) is 36.6 Å². The van der Waals surface area contributed by atoms with Gasteiger partial charge in [-0.3, -0.25) is 10.1 Å². The van der Waals surface area contributed by atoms with Gasteiger partial charge in [0.15, 0.2) is 11.7 Å². The van der Waals surface area contributed by atoms with E-state index >= 15 is 0 Å². The van der Waals surface area contributed by atoms with Crippen molar-refractivity contribution in [3.8, 4) is 17.0 Å². The molecule has 0 aliphatic rings. The minimum absolute atomic E-state index is 0.215. The third-order valence-corrected chi connectivity index (χ3v) is 4.25. The Hall–Kier alpha value is -3.19. The van der Waals surface area contributed by atoms with E-state index in [2.05, 4.69) is 10.3 Å². The van der Waals surface area contributed by atoms with E-state index in [0.717, 1.165) is 11.1 Å². The maximum Gasteiger partial charge on any atom is 0.341 e. The third kappa shape index (κ3) is 4.46. The molecule has 2 N–H and O–H groups in total. The number of carbonyl (C=O) groups is 2. The topological polar surface area (TPSA) is 88.5 Å². The van der Waals surface area contributed by atoms with Gasteiger partial charge in [0.05, 0.1) is 5.69 Å². The Labute approximate surface area is 154 Å². The van der Waals surface area contributed by atoms with E-state index in [1.54, 1.807) is 24.3 Å². The Morgan fingerprint density at radius 1 is 1.19 bits per heavy atom. The summed E-state index contributed by atoms with van der Waals surface area (Å²) in [7, 11) is 0. The fourth-order valence-electron chi connectivity index (χ4n) is 2.31. The number of carbonyl (C=O) groups excluding carboxylic acids is 1. The van der Waals surface area contributed by atoms with Crippen molar-refractivity contribution in [2.75, 3.05) is 11.9 Å². The van der Waals surface area contributed by atoms with Gasteiger partial charge in [0, 0.05) is 16.5 Å². The molecule has 1 amide bonds. The molecule has 1 aromatic heterocycles. The van der Waals surface area contributed by atoms with Crippen LogP contribution in [0.5, 0.6) is 5.75 Å². The molecule has 0 unspecified atom stereocenters. The van der Waals surface area contributed by atoms with Crippen molar-refractivity contribution in [3.63, 3.8) is 0 Å². The summed E-state index contributed by atoms with van der Waals surface area (Å²) in [5.74, 6) is -0.804. The van der Waals surface area contributed by atoms with Crippen LogP contribution in [0.15, 0.2) is 53.9 Å². The number of amides is 1. The van der Waals surface area contributed by atoms with Crippen LogP contribution in [0.3, 0.4) is 0 Å². The van der Waals surface area contributed by atoms with E-state index in [1.165, 1.54) is 11.3 Å². The number of thiazole rings is 1.